The Kier molecular flexibility index (Phi) is 3.18. The monoisotopic (exact) mass is 253 g/mol. The molecular formula is C8H7ClF3N3O. The van der Waals surface area contributed by atoms with Crippen LogP contribution in [0.2, 0.25) is 0 Å². The Balaban J connectivity index is 0.00000128. The first-order chi connectivity index (χ1) is 6.94. The van der Waals surface area contributed by atoms with Gasteiger partial charge in [0.05, 0.1) is 11.0 Å². The van der Waals surface area contributed by atoms with Crippen LogP contribution in [-0.2, 0) is 0 Å². The first-order valence-electron chi connectivity index (χ1n) is 3.95. The summed E-state index contributed by atoms with van der Waals surface area (Å²) in [5.74, 6) is -0.171. The molecule has 0 aliphatic rings. The molecule has 0 unspecified atom stereocenters. The minimum atomic E-state index is -4.70. The number of fused-ring (bicyclic) bond motifs is 1. The molecule has 0 amide bonds. The number of nitrogens with zero attached hydrogens (tertiary/aromatic N) is 1. The Labute approximate surface area is 94.0 Å². The summed E-state index contributed by atoms with van der Waals surface area (Å²) in [5.41, 5.74) is 6.22. The normalized spacial score (nSPS) is 11.2. The molecule has 88 valence electrons. The minimum Gasteiger partial charge on any atom is -0.406 e. The smallest absolute Gasteiger partial charge is 0.406 e. The number of imidazole rings is 1. The molecule has 1 heterocycles. The summed E-state index contributed by atoms with van der Waals surface area (Å²) in [6.07, 6.45) is -4.70. The number of aromatic nitrogens is 2. The number of rotatable bonds is 1. The Morgan fingerprint density at radius 2 is 2.00 bits per heavy atom. The van der Waals surface area contributed by atoms with Crippen LogP contribution in [0.3, 0.4) is 0 Å². The average molecular weight is 254 g/mol. The molecule has 3 N–H and O–H groups in total. The summed E-state index contributed by atoms with van der Waals surface area (Å²) in [7, 11) is 0. The van der Waals surface area contributed by atoms with Gasteiger partial charge in [0.15, 0.2) is 5.95 Å². The van der Waals surface area contributed by atoms with Crippen LogP contribution in [0.25, 0.3) is 11.0 Å². The molecule has 0 atom stereocenters. The number of benzene rings is 1. The fourth-order valence-electron chi connectivity index (χ4n) is 1.20. The van der Waals surface area contributed by atoms with Crippen LogP contribution in [0.4, 0.5) is 19.1 Å². The molecule has 8 heteroatoms. The van der Waals surface area contributed by atoms with Gasteiger partial charge in [-0.25, -0.2) is 4.98 Å². The molecule has 2 aromatic rings. The molecule has 2 rings (SSSR count). The maximum absolute atomic E-state index is 11.9. The molecule has 1 aromatic heterocycles. The molecular weight excluding hydrogens is 247 g/mol. The zero-order valence-electron chi connectivity index (χ0n) is 7.71. The van der Waals surface area contributed by atoms with Gasteiger partial charge >= 0.3 is 6.36 Å². The van der Waals surface area contributed by atoms with Crippen molar-refractivity contribution in [1.82, 2.24) is 9.97 Å². The van der Waals surface area contributed by atoms with E-state index in [-0.39, 0.29) is 24.1 Å². The summed E-state index contributed by atoms with van der Waals surface area (Å²) < 4.78 is 39.3. The molecule has 1 aromatic carbocycles. The van der Waals surface area contributed by atoms with Crippen LogP contribution < -0.4 is 10.5 Å². The van der Waals surface area contributed by atoms with Crippen molar-refractivity contribution in [3.63, 3.8) is 0 Å². The largest absolute Gasteiger partial charge is 0.573 e. The van der Waals surface area contributed by atoms with E-state index in [0.717, 1.165) is 6.07 Å². The summed E-state index contributed by atoms with van der Waals surface area (Å²) >= 11 is 0. The Bertz CT molecular complexity index is 497. The first-order valence-corrected chi connectivity index (χ1v) is 3.95. The van der Waals surface area contributed by atoms with Gasteiger partial charge in [-0.2, -0.15) is 0 Å². The lowest BCUT2D eigenvalue weighted by Gasteiger charge is -2.07. The van der Waals surface area contributed by atoms with E-state index < -0.39 is 6.36 Å². The number of aromatic amines is 1. The van der Waals surface area contributed by atoms with Gasteiger partial charge in [0.25, 0.3) is 0 Å². The van der Waals surface area contributed by atoms with Crippen molar-refractivity contribution < 1.29 is 17.9 Å². The van der Waals surface area contributed by atoms with Gasteiger partial charge in [-0.15, -0.1) is 25.6 Å². The molecule has 0 radical (unpaired) electrons. The van der Waals surface area contributed by atoms with Crippen LogP contribution >= 0.6 is 12.4 Å². The highest BCUT2D eigenvalue weighted by Gasteiger charge is 2.31. The first kappa shape index (κ1) is 12.4. The van der Waals surface area contributed by atoms with E-state index in [9.17, 15) is 13.2 Å². The second-order valence-electron chi connectivity index (χ2n) is 2.85. The fourth-order valence-corrected chi connectivity index (χ4v) is 1.20. The van der Waals surface area contributed by atoms with Crippen molar-refractivity contribution >= 4 is 29.4 Å². The van der Waals surface area contributed by atoms with E-state index in [1.807, 2.05) is 0 Å². The number of hydrogen-bond acceptors (Lipinski definition) is 3. The van der Waals surface area contributed by atoms with Gasteiger partial charge in [0.2, 0.25) is 0 Å². The zero-order chi connectivity index (χ0) is 11.1. The minimum absolute atomic E-state index is 0. The highest BCUT2D eigenvalue weighted by atomic mass is 35.5. The van der Waals surface area contributed by atoms with Crippen molar-refractivity contribution in [2.45, 2.75) is 6.36 Å². The summed E-state index contributed by atoms with van der Waals surface area (Å²) in [4.78, 5) is 6.46. The maximum atomic E-state index is 11.9. The third-order valence-electron chi connectivity index (χ3n) is 1.71. The number of nitrogens with two attached hydrogens (primary N) is 1. The maximum Gasteiger partial charge on any atom is 0.573 e. The van der Waals surface area contributed by atoms with Crippen molar-refractivity contribution in [1.29, 1.82) is 0 Å². The number of H-pyrrole nitrogens is 1. The molecule has 0 aliphatic carbocycles. The number of nitrogens with one attached hydrogen (secondary N) is 1. The number of anilines is 1. The molecule has 0 aliphatic heterocycles. The third-order valence-corrected chi connectivity index (χ3v) is 1.71. The average Bonchev–Trinajstić information content (AvgIpc) is 2.40. The van der Waals surface area contributed by atoms with Crippen LogP contribution in [0.1, 0.15) is 0 Å². The summed E-state index contributed by atoms with van der Waals surface area (Å²) in [6.45, 7) is 0. The van der Waals surface area contributed by atoms with E-state index in [2.05, 4.69) is 14.7 Å². The standard InChI is InChI=1S/C8H6F3N3O.ClH/c9-8(10,11)15-4-1-2-5-6(3-4)14-7(12)13-5;/h1-3H,(H3,12,13,14);1H. The van der Waals surface area contributed by atoms with Crippen LogP contribution in [0.15, 0.2) is 18.2 Å². The SMILES string of the molecule is Cl.Nc1nc2cc(OC(F)(F)F)ccc2[nH]1. The lowest BCUT2D eigenvalue weighted by molar-refractivity contribution is -0.274. The fraction of sp³-hybridized carbons (Fsp3) is 0.125. The van der Waals surface area contributed by atoms with Crippen molar-refractivity contribution in [2.24, 2.45) is 0 Å². The number of halogens is 4. The molecule has 0 saturated heterocycles. The van der Waals surface area contributed by atoms with Crippen molar-refractivity contribution in [3.05, 3.63) is 18.2 Å². The van der Waals surface area contributed by atoms with Gasteiger partial charge in [0, 0.05) is 6.07 Å². The highest BCUT2D eigenvalue weighted by Crippen LogP contribution is 2.25. The van der Waals surface area contributed by atoms with Crippen LogP contribution in [0, 0.1) is 0 Å². The second-order valence-corrected chi connectivity index (χ2v) is 2.85. The van der Waals surface area contributed by atoms with Gasteiger partial charge in [-0.1, -0.05) is 0 Å². The Hall–Kier alpha value is -1.63. The lowest BCUT2D eigenvalue weighted by atomic mass is 10.3. The van der Waals surface area contributed by atoms with Crippen LogP contribution in [0.5, 0.6) is 5.75 Å². The lowest BCUT2D eigenvalue weighted by Crippen LogP contribution is -2.16. The predicted molar refractivity (Wildman–Crippen MR) is 54.4 cm³/mol. The zero-order valence-corrected chi connectivity index (χ0v) is 8.52. The topological polar surface area (TPSA) is 63.9 Å². The molecule has 0 bridgehead atoms. The van der Waals surface area contributed by atoms with Crippen molar-refractivity contribution in [3.8, 4) is 5.75 Å². The third kappa shape index (κ3) is 2.69. The van der Waals surface area contributed by atoms with Gasteiger partial charge in [-0.3, -0.25) is 0 Å². The van der Waals surface area contributed by atoms with E-state index >= 15 is 0 Å². The van der Waals surface area contributed by atoms with E-state index in [0.29, 0.717) is 11.0 Å². The van der Waals surface area contributed by atoms with E-state index in [4.69, 9.17) is 5.73 Å². The van der Waals surface area contributed by atoms with Gasteiger partial charge in [0.1, 0.15) is 5.75 Å². The second kappa shape index (κ2) is 4.09. The number of nitrogen functional groups attached to an aromatic ring is 1. The van der Waals surface area contributed by atoms with E-state index in [1.165, 1.54) is 12.1 Å². The molecule has 0 saturated carbocycles. The highest BCUT2D eigenvalue weighted by molar-refractivity contribution is 5.85. The number of hydrogen-bond donors (Lipinski definition) is 2. The quantitative estimate of drug-likeness (QED) is 0.821. The van der Waals surface area contributed by atoms with Gasteiger partial charge < -0.3 is 15.5 Å². The molecule has 16 heavy (non-hydrogen) atoms. The van der Waals surface area contributed by atoms with E-state index in [1.54, 1.807) is 0 Å². The summed E-state index contributed by atoms with van der Waals surface area (Å²) in [6, 6.07) is 3.77. The van der Waals surface area contributed by atoms with Gasteiger partial charge in [-0.05, 0) is 12.1 Å². The molecule has 4 nitrogen and oxygen atoms in total. The summed E-state index contributed by atoms with van der Waals surface area (Å²) in [5, 5.41) is 0. The number of alkyl halides is 3. The number of ether oxygens (including phenoxy) is 1. The Morgan fingerprint density at radius 1 is 1.31 bits per heavy atom. The molecule has 0 fully saturated rings. The predicted octanol–water partition coefficient (Wildman–Crippen LogP) is 2.47. The van der Waals surface area contributed by atoms with Crippen molar-refractivity contribution in [2.75, 3.05) is 5.73 Å². The van der Waals surface area contributed by atoms with Crippen LogP contribution in [-0.4, -0.2) is 16.3 Å². The molecule has 0 spiro atoms. The Morgan fingerprint density at radius 3 is 2.62 bits per heavy atom.